The van der Waals surface area contributed by atoms with Gasteiger partial charge in [-0.3, -0.25) is 0 Å². The van der Waals surface area contributed by atoms with Gasteiger partial charge in [-0.1, -0.05) is 18.5 Å². The maximum atomic E-state index is 13.0. The Kier molecular flexibility index (Phi) is 4.08. The van der Waals surface area contributed by atoms with E-state index in [4.69, 9.17) is 16.3 Å². The number of ether oxygens (including phenoxy) is 1. The largest absolute Gasteiger partial charge is 0.383 e. The summed E-state index contributed by atoms with van der Waals surface area (Å²) in [5.41, 5.74) is -0.859. The van der Waals surface area contributed by atoms with Crippen molar-refractivity contribution in [3.8, 4) is 0 Å². The summed E-state index contributed by atoms with van der Waals surface area (Å²) in [6, 6.07) is 3.93. The summed E-state index contributed by atoms with van der Waals surface area (Å²) in [4.78, 5) is 0. The maximum absolute atomic E-state index is 13.0. The van der Waals surface area contributed by atoms with Crippen molar-refractivity contribution in [2.45, 2.75) is 18.9 Å². The molecule has 1 N–H and O–H groups in total. The average molecular weight is 233 g/mol. The van der Waals surface area contributed by atoms with Crippen LogP contribution in [-0.4, -0.2) is 18.8 Å². The highest BCUT2D eigenvalue weighted by atomic mass is 35.5. The van der Waals surface area contributed by atoms with Crippen LogP contribution in [0, 0.1) is 5.82 Å². The van der Waals surface area contributed by atoms with Crippen LogP contribution in [0.4, 0.5) is 4.39 Å². The predicted molar refractivity (Wildman–Crippen MR) is 57.5 cm³/mol. The minimum Gasteiger partial charge on any atom is -0.383 e. The Labute approximate surface area is 93.6 Å². The first-order chi connectivity index (χ1) is 7.03. The van der Waals surface area contributed by atoms with Crippen LogP contribution in [0.5, 0.6) is 0 Å². The molecular weight excluding hydrogens is 219 g/mol. The van der Waals surface area contributed by atoms with Crippen LogP contribution in [0.3, 0.4) is 0 Å². The van der Waals surface area contributed by atoms with Gasteiger partial charge >= 0.3 is 0 Å². The SMILES string of the molecule is CCC(O)(COC)c1cc(F)ccc1Cl. The fourth-order valence-corrected chi connectivity index (χ4v) is 1.76. The van der Waals surface area contributed by atoms with Crippen LogP contribution >= 0.6 is 11.6 Å². The fourth-order valence-electron chi connectivity index (χ4n) is 1.46. The number of hydrogen-bond acceptors (Lipinski definition) is 2. The Morgan fingerprint density at radius 1 is 1.53 bits per heavy atom. The van der Waals surface area contributed by atoms with E-state index in [1.54, 1.807) is 6.92 Å². The van der Waals surface area contributed by atoms with Crippen LogP contribution in [0.2, 0.25) is 5.02 Å². The van der Waals surface area contributed by atoms with Gasteiger partial charge in [0.25, 0.3) is 0 Å². The molecule has 0 spiro atoms. The molecule has 1 atom stereocenters. The van der Waals surface area contributed by atoms with Crippen molar-refractivity contribution in [1.82, 2.24) is 0 Å². The van der Waals surface area contributed by atoms with Crippen LogP contribution < -0.4 is 0 Å². The molecule has 0 bridgehead atoms. The van der Waals surface area contributed by atoms with Gasteiger partial charge in [-0.25, -0.2) is 4.39 Å². The van der Waals surface area contributed by atoms with Crippen LogP contribution in [0.25, 0.3) is 0 Å². The highest BCUT2D eigenvalue weighted by Gasteiger charge is 2.29. The van der Waals surface area contributed by atoms with E-state index in [1.807, 2.05) is 0 Å². The van der Waals surface area contributed by atoms with Gasteiger partial charge in [0.15, 0.2) is 0 Å². The Morgan fingerprint density at radius 2 is 2.20 bits per heavy atom. The van der Waals surface area contributed by atoms with Crippen LogP contribution in [0.1, 0.15) is 18.9 Å². The first-order valence-corrected chi connectivity index (χ1v) is 5.08. The fraction of sp³-hybridized carbons (Fsp3) is 0.455. The zero-order chi connectivity index (χ0) is 11.5. The zero-order valence-corrected chi connectivity index (χ0v) is 9.51. The van der Waals surface area contributed by atoms with E-state index < -0.39 is 11.4 Å². The van der Waals surface area contributed by atoms with E-state index in [9.17, 15) is 9.50 Å². The van der Waals surface area contributed by atoms with Gasteiger partial charge in [-0.05, 0) is 24.6 Å². The predicted octanol–water partition coefficient (Wildman–Crippen LogP) is 2.72. The van der Waals surface area contributed by atoms with E-state index in [2.05, 4.69) is 0 Å². The Hall–Kier alpha value is -0.640. The molecule has 1 aromatic rings. The highest BCUT2D eigenvalue weighted by molar-refractivity contribution is 6.31. The lowest BCUT2D eigenvalue weighted by Gasteiger charge is -2.27. The Balaban J connectivity index is 3.16. The maximum Gasteiger partial charge on any atom is 0.123 e. The molecule has 0 aliphatic heterocycles. The van der Waals surface area contributed by atoms with Gasteiger partial charge < -0.3 is 9.84 Å². The van der Waals surface area contributed by atoms with Crippen molar-refractivity contribution in [3.05, 3.63) is 34.6 Å². The third-order valence-corrected chi connectivity index (χ3v) is 2.73. The smallest absolute Gasteiger partial charge is 0.123 e. The van der Waals surface area contributed by atoms with Crippen molar-refractivity contribution in [2.75, 3.05) is 13.7 Å². The van der Waals surface area contributed by atoms with Gasteiger partial charge in [-0.2, -0.15) is 0 Å². The number of hydrogen-bond donors (Lipinski definition) is 1. The number of aliphatic hydroxyl groups is 1. The molecule has 0 saturated carbocycles. The zero-order valence-electron chi connectivity index (χ0n) is 8.76. The molecule has 0 saturated heterocycles. The van der Waals surface area contributed by atoms with Crippen LogP contribution in [-0.2, 0) is 10.3 Å². The Bertz CT molecular complexity index is 343. The monoisotopic (exact) mass is 232 g/mol. The first kappa shape index (κ1) is 12.4. The van der Waals surface area contributed by atoms with Gasteiger partial charge in [0.05, 0.1) is 6.61 Å². The molecule has 15 heavy (non-hydrogen) atoms. The number of halogens is 2. The van der Waals surface area contributed by atoms with Crippen molar-refractivity contribution in [3.63, 3.8) is 0 Å². The van der Waals surface area contributed by atoms with Gasteiger partial charge in [-0.15, -0.1) is 0 Å². The normalized spacial score (nSPS) is 15.0. The van der Waals surface area contributed by atoms with Crippen molar-refractivity contribution < 1.29 is 14.2 Å². The summed E-state index contributed by atoms with van der Waals surface area (Å²) < 4.78 is 18.0. The second-order valence-corrected chi connectivity index (χ2v) is 3.85. The van der Waals surface area contributed by atoms with E-state index in [0.717, 1.165) is 0 Å². The minimum atomic E-state index is -1.23. The topological polar surface area (TPSA) is 29.5 Å². The van der Waals surface area contributed by atoms with Crippen LogP contribution in [0.15, 0.2) is 18.2 Å². The second-order valence-electron chi connectivity index (χ2n) is 3.44. The Morgan fingerprint density at radius 3 is 2.73 bits per heavy atom. The summed E-state index contributed by atoms with van der Waals surface area (Å²) in [5.74, 6) is -0.419. The number of rotatable bonds is 4. The molecule has 0 amide bonds. The van der Waals surface area contributed by atoms with E-state index >= 15 is 0 Å². The van der Waals surface area contributed by atoms with E-state index in [-0.39, 0.29) is 6.61 Å². The molecule has 0 aliphatic rings. The van der Waals surface area contributed by atoms with Gasteiger partial charge in [0.2, 0.25) is 0 Å². The summed E-state index contributed by atoms with van der Waals surface area (Å²) >= 11 is 5.91. The molecule has 2 nitrogen and oxygen atoms in total. The summed E-state index contributed by atoms with van der Waals surface area (Å²) in [6.45, 7) is 1.88. The molecular formula is C11H14ClFO2. The first-order valence-electron chi connectivity index (χ1n) is 4.70. The molecule has 0 aliphatic carbocycles. The van der Waals surface area contributed by atoms with Gasteiger partial charge in [0.1, 0.15) is 11.4 Å². The number of benzene rings is 1. The molecule has 1 aromatic carbocycles. The van der Waals surface area contributed by atoms with E-state index in [0.29, 0.717) is 17.0 Å². The summed E-state index contributed by atoms with van der Waals surface area (Å²) in [5, 5.41) is 10.6. The molecule has 0 heterocycles. The highest BCUT2D eigenvalue weighted by Crippen LogP contribution is 2.31. The minimum absolute atomic E-state index is 0.0900. The third-order valence-electron chi connectivity index (χ3n) is 2.40. The molecule has 0 fully saturated rings. The molecule has 1 unspecified atom stereocenters. The molecule has 0 aromatic heterocycles. The quantitative estimate of drug-likeness (QED) is 0.865. The summed E-state index contributed by atoms with van der Waals surface area (Å²) in [6.07, 6.45) is 0.407. The van der Waals surface area contributed by atoms with Gasteiger partial charge in [0, 0.05) is 17.7 Å². The molecule has 0 radical (unpaired) electrons. The van der Waals surface area contributed by atoms with Crippen molar-refractivity contribution in [2.24, 2.45) is 0 Å². The summed E-state index contributed by atoms with van der Waals surface area (Å²) in [7, 11) is 1.48. The van der Waals surface area contributed by atoms with Crippen molar-refractivity contribution in [1.29, 1.82) is 0 Å². The molecule has 1 rings (SSSR count). The lowest BCUT2D eigenvalue weighted by Crippen LogP contribution is -2.30. The molecule has 84 valence electrons. The standard InChI is InChI=1S/C11H14ClFO2/c1-3-11(14,7-15-2)9-6-8(13)4-5-10(9)12/h4-6,14H,3,7H2,1-2H3. The van der Waals surface area contributed by atoms with Crippen molar-refractivity contribution >= 4 is 11.6 Å². The lowest BCUT2D eigenvalue weighted by atomic mass is 9.92. The second kappa shape index (κ2) is 4.92. The lowest BCUT2D eigenvalue weighted by molar-refractivity contribution is -0.0387. The third kappa shape index (κ3) is 2.68. The van der Waals surface area contributed by atoms with E-state index in [1.165, 1.54) is 25.3 Å². The average Bonchev–Trinajstić information content (AvgIpc) is 2.22. The number of methoxy groups -OCH3 is 1. The molecule has 4 heteroatoms.